The largest absolute Gasteiger partial charge is 0.316 e. The predicted octanol–water partition coefficient (Wildman–Crippen LogP) is 1.61. The Morgan fingerprint density at radius 2 is 2.20 bits per heavy atom. The van der Waals surface area contributed by atoms with E-state index in [0.717, 1.165) is 25.6 Å². The zero-order valence-electron chi connectivity index (χ0n) is 10.2. The molecule has 2 unspecified atom stereocenters. The maximum absolute atomic E-state index is 8.98. The van der Waals surface area contributed by atoms with Gasteiger partial charge in [-0.25, -0.2) is 0 Å². The molecule has 0 aromatic carbocycles. The van der Waals surface area contributed by atoms with Crippen molar-refractivity contribution in [2.24, 2.45) is 5.92 Å². The molecule has 86 valence electrons. The van der Waals surface area contributed by atoms with E-state index in [9.17, 15) is 0 Å². The molecule has 0 bridgehead atoms. The van der Waals surface area contributed by atoms with Crippen molar-refractivity contribution in [3.8, 4) is 6.07 Å². The topological polar surface area (TPSA) is 39.1 Å². The number of rotatable bonds is 4. The van der Waals surface area contributed by atoms with Crippen molar-refractivity contribution >= 4 is 0 Å². The van der Waals surface area contributed by atoms with Gasteiger partial charge in [0.15, 0.2) is 0 Å². The fraction of sp³-hybridized carbons (Fsp3) is 0.917. The second kappa shape index (κ2) is 6.09. The van der Waals surface area contributed by atoms with Gasteiger partial charge >= 0.3 is 0 Å². The molecule has 0 spiro atoms. The van der Waals surface area contributed by atoms with Crippen LogP contribution in [0, 0.1) is 17.2 Å². The molecule has 0 aromatic heterocycles. The molecule has 0 aliphatic carbocycles. The van der Waals surface area contributed by atoms with Gasteiger partial charge in [-0.1, -0.05) is 0 Å². The van der Waals surface area contributed by atoms with Crippen molar-refractivity contribution in [1.82, 2.24) is 10.2 Å². The van der Waals surface area contributed by atoms with Crippen LogP contribution < -0.4 is 5.32 Å². The summed E-state index contributed by atoms with van der Waals surface area (Å²) in [7, 11) is 0. The molecule has 15 heavy (non-hydrogen) atoms. The molecule has 3 nitrogen and oxygen atoms in total. The Morgan fingerprint density at radius 3 is 2.67 bits per heavy atom. The van der Waals surface area contributed by atoms with Crippen LogP contribution in [0.3, 0.4) is 0 Å². The van der Waals surface area contributed by atoms with Crippen molar-refractivity contribution in [1.29, 1.82) is 5.26 Å². The lowest BCUT2D eigenvalue weighted by molar-refractivity contribution is 0.151. The van der Waals surface area contributed by atoms with Crippen LogP contribution in [-0.2, 0) is 0 Å². The highest BCUT2D eigenvalue weighted by atomic mass is 15.2. The Kier molecular flexibility index (Phi) is 5.07. The highest BCUT2D eigenvalue weighted by Crippen LogP contribution is 2.15. The van der Waals surface area contributed by atoms with Crippen LogP contribution in [0.2, 0.25) is 0 Å². The lowest BCUT2D eigenvalue weighted by Crippen LogP contribution is -2.44. The van der Waals surface area contributed by atoms with Crippen molar-refractivity contribution < 1.29 is 0 Å². The summed E-state index contributed by atoms with van der Waals surface area (Å²) in [6.45, 7) is 9.66. The molecule has 0 amide bonds. The van der Waals surface area contributed by atoms with Gasteiger partial charge in [0, 0.05) is 12.6 Å². The summed E-state index contributed by atoms with van der Waals surface area (Å²) in [6.07, 6.45) is 2.58. The van der Waals surface area contributed by atoms with Gasteiger partial charge in [0.1, 0.15) is 0 Å². The maximum Gasteiger partial charge on any atom is 0.0951 e. The molecule has 2 atom stereocenters. The molecule has 0 saturated carbocycles. The van der Waals surface area contributed by atoms with Gasteiger partial charge in [0.25, 0.3) is 0 Å². The monoisotopic (exact) mass is 209 g/mol. The van der Waals surface area contributed by atoms with E-state index in [1.54, 1.807) is 0 Å². The third kappa shape index (κ3) is 3.81. The van der Waals surface area contributed by atoms with E-state index in [4.69, 9.17) is 5.26 Å². The van der Waals surface area contributed by atoms with Crippen LogP contribution in [0.5, 0.6) is 0 Å². The lowest BCUT2D eigenvalue weighted by Gasteiger charge is -2.34. The third-order valence-corrected chi connectivity index (χ3v) is 3.22. The highest BCUT2D eigenvalue weighted by molar-refractivity contribution is 4.90. The zero-order valence-corrected chi connectivity index (χ0v) is 10.2. The lowest BCUT2D eigenvalue weighted by atomic mass is 9.98. The molecular formula is C12H23N3. The Bertz CT molecular complexity index is 213. The molecule has 1 fully saturated rings. The summed E-state index contributed by atoms with van der Waals surface area (Å²) in [5, 5.41) is 12.4. The average molecular weight is 209 g/mol. The van der Waals surface area contributed by atoms with Crippen LogP contribution in [-0.4, -0.2) is 36.6 Å². The first-order valence-corrected chi connectivity index (χ1v) is 6.01. The summed E-state index contributed by atoms with van der Waals surface area (Å²) in [5.41, 5.74) is 0. The molecule has 1 N–H and O–H groups in total. The molecule has 1 heterocycles. The normalized spacial score (nSPS) is 24.1. The summed E-state index contributed by atoms with van der Waals surface area (Å²) < 4.78 is 0. The number of nitrogens with zero attached hydrogens (tertiary/aromatic N) is 2. The number of hydrogen-bond donors (Lipinski definition) is 1. The van der Waals surface area contributed by atoms with Crippen molar-refractivity contribution in [2.75, 3.05) is 19.6 Å². The minimum absolute atomic E-state index is 0.0342. The van der Waals surface area contributed by atoms with Crippen LogP contribution in [0.25, 0.3) is 0 Å². The molecule has 1 aliphatic heterocycles. The maximum atomic E-state index is 8.98. The second-order valence-corrected chi connectivity index (χ2v) is 4.81. The summed E-state index contributed by atoms with van der Waals surface area (Å²) in [4.78, 5) is 2.30. The first-order chi connectivity index (χ1) is 7.15. The van der Waals surface area contributed by atoms with E-state index in [1.807, 2.05) is 6.92 Å². The Labute approximate surface area is 93.5 Å². The quantitative estimate of drug-likeness (QED) is 0.764. The van der Waals surface area contributed by atoms with Crippen LogP contribution >= 0.6 is 0 Å². The van der Waals surface area contributed by atoms with Gasteiger partial charge in [-0.3, -0.25) is 4.90 Å². The van der Waals surface area contributed by atoms with E-state index in [2.05, 4.69) is 30.1 Å². The number of nitriles is 1. The van der Waals surface area contributed by atoms with E-state index < -0.39 is 0 Å². The molecule has 0 aromatic rings. The van der Waals surface area contributed by atoms with E-state index in [1.165, 1.54) is 12.8 Å². The summed E-state index contributed by atoms with van der Waals surface area (Å²) in [5.74, 6) is 0.719. The van der Waals surface area contributed by atoms with Gasteiger partial charge in [-0.05, 0) is 52.6 Å². The van der Waals surface area contributed by atoms with Gasteiger partial charge in [-0.15, -0.1) is 0 Å². The average Bonchev–Trinajstić information content (AvgIpc) is 2.26. The molecule has 1 aliphatic rings. The summed E-state index contributed by atoms with van der Waals surface area (Å²) in [6, 6.07) is 2.84. The zero-order chi connectivity index (χ0) is 11.3. The second-order valence-electron chi connectivity index (χ2n) is 4.81. The molecule has 3 heteroatoms. The smallest absolute Gasteiger partial charge is 0.0951 e. The van der Waals surface area contributed by atoms with Gasteiger partial charge in [-0.2, -0.15) is 5.26 Å². The first kappa shape index (κ1) is 12.5. The fourth-order valence-corrected chi connectivity index (χ4v) is 2.27. The number of nitrogens with one attached hydrogen (secondary N) is 1. The van der Waals surface area contributed by atoms with Crippen molar-refractivity contribution in [3.63, 3.8) is 0 Å². The minimum atomic E-state index is 0.0342. The Hall–Kier alpha value is -0.590. The highest BCUT2D eigenvalue weighted by Gasteiger charge is 2.22. The fourth-order valence-electron chi connectivity index (χ4n) is 2.27. The minimum Gasteiger partial charge on any atom is -0.316 e. The third-order valence-electron chi connectivity index (χ3n) is 3.22. The Balaban J connectivity index is 2.46. The van der Waals surface area contributed by atoms with Gasteiger partial charge < -0.3 is 5.32 Å². The van der Waals surface area contributed by atoms with Crippen LogP contribution in [0.4, 0.5) is 0 Å². The van der Waals surface area contributed by atoms with Crippen molar-refractivity contribution in [2.45, 2.75) is 45.7 Å². The van der Waals surface area contributed by atoms with Gasteiger partial charge in [0.05, 0.1) is 12.1 Å². The SMILES string of the molecule is CC(C)N(CC1CCCNC1)C(C)C#N. The van der Waals surface area contributed by atoms with Crippen LogP contribution in [0.15, 0.2) is 0 Å². The predicted molar refractivity (Wildman–Crippen MR) is 62.5 cm³/mol. The molecular weight excluding hydrogens is 186 g/mol. The molecule has 1 rings (SSSR count). The van der Waals surface area contributed by atoms with Crippen LogP contribution in [0.1, 0.15) is 33.6 Å². The molecule has 1 saturated heterocycles. The Morgan fingerprint density at radius 1 is 1.47 bits per heavy atom. The molecule has 0 radical (unpaired) electrons. The van der Waals surface area contributed by atoms with E-state index in [-0.39, 0.29) is 6.04 Å². The summed E-state index contributed by atoms with van der Waals surface area (Å²) >= 11 is 0. The first-order valence-electron chi connectivity index (χ1n) is 6.01. The van der Waals surface area contributed by atoms with E-state index >= 15 is 0 Å². The van der Waals surface area contributed by atoms with Crippen molar-refractivity contribution in [3.05, 3.63) is 0 Å². The van der Waals surface area contributed by atoms with E-state index in [0.29, 0.717) is 6.04 Å². The standard InChI is InChI=1S/C12H23N3/c1-10(2)15(11(3)7-13)9-12-5-4-6-14-8-12/h10-12,14H,4-6,8-9H2,1-3H3. The van der Waals surface area contributed by atoms with Gasteiger partial charge in [0.2, 0.25) is 0 Å². The number of piperidine rings is 1. The number of hydrogen-bond acceptors (Lipinski definition) is 3.